The average Bonchev–Trinajstić information content (AvgIpc) is 2.87. The van der Waals surface area contributed by atoms with Crippen LogP contribution in [-0.4, -0.2) is 10.1 Å². The van der Waals surface area contributed by atoms with Crippen molar-refractivity contribution in [2.75, 3.05) is 0 Å². The van der Waals surface area contributed by atoms with Gasteiger partial charge < -0.3 is 9.84 Å². The summed E-state index contributed by atoms with van der Waals surface area (Å²) < 4.78 is 5.71. The van der Waals surface area contributed by atoms with Gasteiger partial charge in [-0.25, -0.2) is 0 Å². The zero-order valence-electron chi connectivity index (χ0n) is 11.6. The van der Waals surface area contributed by atoms with Gasteiger partial charge in [-0.2, -0.15) is 0 Å². The maximum Gasteiger partial charge on any atom is 0.307 e. The first-order valence-corrected chi connectivity index (χ1v) is 7.40. The van der Waals surface area contributed by atoms with Crippen LogP contribution in [0.3, 0.4) is 0 Å². The van der Waals surface area contributed by atoms with Crippen molar-refractivity contribution < 1.29 is 9.84 Å². The molecule has 0 bridgehead atoms. The summed E-state index contributed by atoms with van der Waals surface area (Å²) in [5, 5.41) is 9.68. The number of hydrogen-bond donors (Lipinski definition) is 2. The molecule has 0 spiro atoms. The fourth-order valence-corrected chi connectivity index (χ4v) is 2.73. The Morgan fingerprint density at radius 3 is 2.27 bits per heavy atom. The molecule has 22 heavy (non-hydrogen) atoms. The first kappa shape index (κ1) is 14.2. The third-order valence-electron chi connectivity index (χ3n) is 3.09. The Morgan fingerprint density at radius 2 is 1.68 bits per heavy atom. The minimum Gasteiger partial charge on any atom is -0.493 e. The molecule has 110 valence electrons. The molecule has 4 nitrogen and oxygen atoms in total. The van der Waals surface area contributed by atoms with Crippen LogP contribution < -0.4 is 9.61 Å². The third kappa shape index (κ3) is 2.94. The number of aromatic amines is 1. The number of benzene rings is 2. The molecule has 1 aromatic heterocycles. The number of aromatic hydroxyl groups is 1. The van der Waals surface area contributed by atoms with Crippen molar-refractivity contribution in [2.24, 2.45) is 0 Å². The van der Waals surface area contributed by atoms with Crippen LogP contribution in [0.15, 0.2) is 66.0 Å². The predicted octanol–water partition coefficient (Wildman–Crippen LogP) is 4.00. The van der Waals surface area contributed by atoms with E-state index in [1.807, 2.05) is 54.6 Å². The zero-order chi connectivity index (χ0) is 15.5. The lowest BCUT2D eigenvalue weighted by Crippen LogP contribution is -1.89. The van der Waals surface area contributed by atoms with Crippen LogP contribution in [0, 0.1) is 0 Å². The molecule has 0 amide bonds. The van der Waals surface area contributed by atoms with Gasteiger partial charge in [0.05, 0.1) is 4.88 Å². The Bertz CT molecular complexity index is 848. The highest BCUT2D eigenvalue weighted by molar-refractivity contribution is 7.10. The largest absolute Gasteiger partial charge is 0.493 e. The molecule has 0 atom stereocenters. The monoisotopic (exact) mass is 311 g/mol. The van der Waals surface area contributed by atoms with E-state index in [0.29, 0.717) is 16.2 Å². The smallest absolute Gasteiger partial charge is 0.307 e. The van der Waals surface area contributed by atoms with Crippen LogP contribution in [0.25, 0.3) is 5.57 Å². The van der Waals surface area contributed by atoms with Crippen molar-refractivity contribution in [3.63, 3.8) is 0 Å². The van der Waals surface area contributed by atoms with E-state index in [1.165, 1.54) is 0 Å². The van der Waals surface area contributed by atoms with E-state index >= 15 is 0 Å². The minimum absolute atomic E-state index is 0.149. The molecule has 5 heteroatoms. The van der Waals surface area contributed by atoms with Gasteiger partial charge in [-0.05, 0) is 35.4 Å². The van der Waals surface area contributed by atoms with Crippen LogP contribution in [0.2, 0.25) is 0 Å². The molecular formula is C17H13NO3S. The maximum absolute atomic E-state index is 11.2. The van der Waals surface area contributed by atoms with Gasteiger partial charge in [0.1, 0.15) is 11.5 Å². The lowest BCUT2D eigenvalue weighted by atomic mass is 10.1. The predicted molar refractivity (Wildman–Crippen MR) is 87.7 cm³/mol. The highest BCUT2D eigenvalue weighted by Gasteiger charge is 2.12. The van der Waals surface area contributed by atoms with Crippen LogP contribution in [0.1, 0.15) is 10.4 Å². The Hall–Kier alpha value is -2.79. The molecule has 1 heterocycles. The first-order valence-electron chi connectivity index (χ1n) is 6.58. The number of hydrogen-bond acceptors (Lipinski definition) is 4. The van der Waals surface area contributed by atoms with E-state index in [0.717, 1.165) is 22.6 Å². The number of para-hydroxylation sites is 1. The fourth-order valence-electron chi connectivity index (χ4n) is 2.00. The van der Waals surface area contributed by atoms with Crippen molar-refractivity contribution in [1.29, 1.82) is 0 Å². The number of rotatable bonds is 4. The van der Waals surface area contributed by atoms with Crippen LogP contribution in [-0.2, 0) is 0 Å². The molecule has 0 aliphatic carbocycles. The van der Waals surface area contributed by atoms with Crippen molar-refractivity contribution in [3.8, 4) is 17.4 Å². The van der Waals surface area contributed by atoms with Crippen molar-refractivity contribution in [1.82, 2.24) is 4.98 Å². The van der Waals surface area contributed by atoms with Crippen LogP contribution in [0.5, 0.6) is 17.4 Å². The van der Waals surface area contributed by atoms with Gasteiger partial charge in [-0.15, -0.1) is 0 Å². The summed E-state index contributed by atoms with van der Waals surface area (Å²) in [6.07, 6.45) is 0. The van der Waals surface area contributed by atoms with Gasteiger partial charge in [0.2, 0.25) is 5.88 Å². The van der Waals surface area contributed by atoms with Gasteiger partial charge >= 0.3 is 4.87 Å². The average molecular weight is 311 g/mol. The number of ether oxygens (including phenoxy) is 1. The molecule has 2 N–H and O–H groups in total. The highest BCUT2D eigenvalue weighted by Crippen LogP contribution is 2.31. The standard InChI is InChI=1S/C17H13NO3S/c1-11(15-16(19)18-17(20)22-15)12-7-9-14(10-8-12)21-13-5-3-2-4-6-13/h2-10,19H,1H2,(H,18,20). The molecule has 0 radical (unpaired) electrons. The second-order valence-electron chi connectivity index (χ2n) is 4.61. The molecule has 0 aliphatic heterocycles. The second-order valence-corrected chi connectivity index (χ2v) is 5.59. The summed E-state index contributed by atoms with van der Waals surface area (Å²) in [7, 11) is 0. The number of H-pyrrole nitrogens is 1. The molecular weight excluding hydrogens is 298 g/mol. The van der Waals surface area contributed by atoms with Gasteiger partial charge in [0.15, 0.2) is 0 Å². The minimum atomic E-state index is -0.308. The van der Waals surface area contributed by atoms with Crippen molar-refractivity contribution in [3.05, 3.63) is 81.3 Å². The SMILES string of the molecule is C=C(c1ccc(Oc2ccccc2)cc1)c1sc(=O)[nH]c1O. The molecule has 0 aliphatic rings. The second kappa shape index (κ2) is 5.91. The lowest BCUT2D eigenvalue weighted by Gasteiger charge is -2.07. The number of thiazole rings is 1. The lowest BCUT2D eigenvalue weighted by molar-refractivity contribution is 0.455. The summed E-state index contributed by atoms with van der Waals surface area (Å²) in [6, 6.07) is 16.8. The molecule has 0 saturated carbocycles. The van der Waals surface area contributed by atoms with Crippen LogP contribution in [0.4, 0.5) is 0 Å². The van der Waals surface area contributed by atoms with E-state index in [-0.39, 0.29) is 10.8 Å². The van der Waals surface area contributed by atoms with Gasteiger partial charge in [0, 0.05) is 0 Å². The summed E-state index contributed by atoms with van der Waals surface area (Å²) in [4.78, 5) is 13.7. The number of nitrogens with one attached hydrogen (secondary N) is 1. The molecule has 0 unspecified atom stereocenters. The summed E-state index contributed by atoms with van der Waals surface area (Å²) in [5.74, 6) is 1.31. The summed E-state index contributed by atoms with van der Waals surface area (Å²) in [5.41, 5.74) is 1.40. The maximum atomic E-state index is 11.2. The summed E-state index contributed by atoms with van der Waals surface area (Å²) in [6.45, 7) is 3.93. The Kier molecular flexibility index (Phi) is 3.80. The van der Waals surface area contributed by atoms with Gasteiger partial charge in [-0.3, -0.25) is 9.78 Å². The Morgan fingerprint density at radius 1 is 1.05 bits per heavy atom. The quantitative estimate of drug-likeness (QED) is 0.765. The molecule has 3 rings (SSSR count). The van der Waals surface area contributed by atoms with Crippen molar-refractivity contribution >= 4 is 16.9 Å². The van der Waals surface area contributed by atoms with E-state index in [2.05, 4.69) is 11.6 Å². The molecule has 2 aromatic carbocycles. The normalized spacial score (nSPS) is 10.4. The van der Waals surface area contributed by atoms with Crippen LogP contribution >= 0.6 is 11.3 Å². The topological polar surface area (TPSA) is 62.3 Å². The van der Waals surface area contributed by atoms with E-state index in [1.54, 1.807) is 0 Å². The number of aromatic nitrogens is 1. The van der Waals surface area contributed by atoms with E-state index in [4.69, 9.17) is 4.74 Å². The highest BCUT2D eigenvalue weighted by atomic mass is 32.1. The van der Waals surface area contributed by atoms with Gasteiger partial charge in [-0.1, -0.05) is 48.2 Å². The molecule has 0 saturated heterocycles. The fraction of sp³-hybridized carbons (Fsp3) is 0. The molecule has 3 aromatic rings. The Balaban J connectivity index is 1.81. The third-order valence-corrected chi connectivity index (χ3v) is 4.02. The van der Waals surface area contributed by atoms with E-state index in [9.17, 15) is 9.90 Å². The van der Waals surface area contributed by atoms with Crippen molar-refractivity contribution in [2.45, 2.75) is 0 Å². The molecule has 0 fully saturated rings. The zero-order valence-corrected chi connectivity index (χ0v) is 12.4. The van der Waals surface area contributed by atoms with E-state index < -0.39 is 0 Å². The first-order chi connectivity index (χ1) is 10.6. The van der Waals surface area contributed by atoms with Gasteiger partial charge in [0.25, 0.3) is 0 Å². The summed E-state index contributed by atoms with van der Waals surface area (Å²) >= 11 is 0.932. The Labute approximate surface area is 131 Å².